The number of halogens is 1. The lowest BCUT2D eigenvalue weighted by molar-refractivity contribution is 0.143. The zero-order valence-corrected chi connectivity index (χ0v) is 19.4. The summed E-state index contributed by atoms with van der Waals surface area (Å²) in [5, 5.41) is 4.04. The van der Waals surface area contributed by atoms with Crippen LogP contribution in [0.5, 0.6) is 5.75 Å². The Morgan fingerprint density at radius 1 is 1.32 bits per heavy atom. The highest BCUT2D eigenvalue weighted by Crippen LogP contribution is 2.24. The summed E-state index contributed by atoms with van der Waals surface area (Å²) in [6.07, 6.45) is 2.98. The lowest BCUT2D eigenvalue weighted by Gasteiger charge is -2.37. The highest BCUT2D eigenvalue weighted by atomic mass is 32.2. The Morgan fingerprint density at radius 3 is 2.58 bits per heavy atom. The Labute approximate surface area is 183 Å². The summed E-state index contributed by atoms with van der Waals surface area (Å²) in [6, 6.07) is 4.72. The molecule has 0 unspecified atom stereocenters. The van der Waals surface area contributed by atoms with Gasteiger partial charge in [-0.1, -0.05) is 25.9 Å². The predicted octanol–water partition coefficient (Wildman–Crippen LogP) is 3.11. The van der Waals surface area contributed by atoms with Crippen LogP contribution in [0.3, 0.4) is 0 Å². The predicted molar refractivity (Wildman–Crippen MR) is 116 cm³/mol. The fraction of sp³-hybridized carbons (Fsp3) is 0.619. The van der Waals surface area contributed by atoms with Gasteiger partial charge in [0.15, 0.2) is 27.2 Å². The first-order valence-electron chi connectivity index (χ1n) is 10.6. The van der Waals surface area contributed by atoms with Crippen LogP contribution in [0.1, 0.15) is 45.4 Å². The second-order valence-corrected chi connectivity index (χ2v) is 10.2. The maximum atomic E-state index is 14.2. The Hall–Kier alpha value is -2.20. The molecule has 0 N–H and O–H groups in total. The highest BCUT2D eigenvalue weighted by Gasteiger charge is 2.26. The number of nitrogens with zero attached hydrogens (tertiary/aromatic N) is 4. The zero-order valence-electron chi connectivity index (χ0n) is 18.5. The average Bonchev–Trinajstić information content (AvgIpc) is 3.22. The van der Waals surface area contributed by atoms with E-state index in [1.807, 2.05) is 13.8 Å². The maximum Gasteiger partial charge on any atom is 0.324 e. The van der Waals surface area contributed by atoms with Crippen molar-refractivity contribution < 1.29 is 22.1 Å². The molecular weight excluding hydrogens is 423 g/mol. The Bertz CT molecular complexity index is 972. The summed E-state index contributed by atoms with van der Waals surface area (Å²) >= 11 is 0. The van der Waals surface area contributed by atoms with Crippen LogP contribution >= 0.6 is 0 Å². The van der Waals surface area contributed by atoms with Crippen LogP contribution in [-0.4, -0.2) is 68.5 Å². The lowest BCUT2D eigenvalue weighted by atomic mass is 10.0. The first-order valence-corrected chi connectivity index (χ1v) is 12.5. The third-order valence-electron chi connectivity index (χ3n) is 5.57. The number of piperidine rings is 1. The van der Waals surface area contributed by atoms with Gasteiger partial charge in [0.25, 0.3) is 0 Å². The van der Waals surface area contributed by atoms with Gasteiger partial charge in [-0.25, -0.2) is 12.8 Å². The topological polar surface area (TPSA) is 88.8 Å². The van der Waals surface area contributed by atoms with E-state index in [0.29, 0.717) is 25.2 Å². The van der Waals surface area contributed by atoms with E-state index in [1.54, 1.807) is 0 Å². The van der Waals surface area contributed by atoms with Gasteiger partial charge >= 0.3 is 6.01 Å². The Kier molecular flexibility index (Phi) is 7.53. The van der Waals surface area contributed by atoms with E-state index in [0.717, 1.165) is 50.6 Å². The fourth-order valence-electron chi connectivity index (χ4n) is 3.71. The van der Waals surface area contributed by atoms with E-state index >= 15 is 0 Å². The van der Waals surface area contributed by atoms with Crippen molar-refractivity contribution in [2.45, 2.75) is 50.5 Å². The normalized spacial score (nSPS) is 15.8. The van der Waals surface area contributed by atoms with Gasteiger partial charge in [-0.2, -0.15) is 4.98 Å². The molecule has 8 nitrogen and oxygen atoms in total. The molecule has 2 aromatic rings. The number of anilines is 1. The van der Waals surface area contributed by atoms with Gasteiger partial charge in [0.1, 0.15) is 6.61 Å². The number of aromatic nitrogens is 2. The molecule has 1 aromatic carbocycles. The molecule has 0 saturated carbocycles. The number of likely N-dealkylation sites (N-methyl/N-ethyl adjacent to an activating group) is 1. The molecule has 1 aliphatic rings. The number of hydrogen-bond donors (Lipinski definition) is 0. The molecule has 0 bridgehead atoms. The maximum absolute atomic E-state index is 14.2. The van der Waals surface area contributed by atoms with Crippen molar-refractivity contribution >= 4 is 15.9 Å². The van der Waals surface area contributed by atoms with E-state index in [4.69, 9.17) is 9.26 Å². The minimum absolute atomic E-state index is 0.0546. The molecule has 0 aliphatic carbocycles. The number of benzene rings is 1. The van der Waals surface area contributed by atoms with Crippen LogP contribution in [0.2, 0.25) is 0 Å². The van der Waals surface area contributed by atoms with Crippen LogP contribution in [0.4, 0.5) is 10.4 Å². The number of rotatable bonds is 9. The molecule has 172 valence electrons. The van der Waals surface area contributed by atoms with Crippen LogP contribution in [-0.2, 0) is 9.84 Å². The van der Waals surface area contributed by atoms with Crippen LogP contribution in [0.25, 0.3) is 0 Å². The highest BCUT2D eigenvalue weighted by molar-refractivity contribution is 7.90. The monoisotopic (exact) mass is 454 g/mol. The summed E-state index contributed by atoms with van der Waals surface area (Å²) in [5.41, 5.74) is 0. The molecule has 0 spiro atoms. The number of sulfone groups is 1. The average molecular weight is 455 g/mol. The molecular formula is C21H31FN4O4S. The van der Waals surface area contributed by atoms with Crippen molar-refractivity contribution in [3.63, 3.8) is 0 Å². The van der Waals surface area contributed by atoms with E-state index in [2.05, 4.69) is 26.9 Å². The molecule has 1 fully saturated rings. The molecule has 0 atom stereocenters. The molecule has 2 heterocycles. The van der Waals surface area contributed by atoms with Gasteiger partial charge in [0.2, 0.25) is 0 Å². The van der Waals surface area contributed by atoms with Crippen molar-refractivity contribution in [3.8, 4) is 5.75 Å². The standard InChI is InChI=1S/C21H31FN4O4S/c1-5-25(12-13-29-19-7-6-17(14-18(19)22)31(4,27)28)16-8-10-26(11-9-16)21-23-20(15(2)3)24-30-21/h6-7,14-16H,5,8-13H2,1-4H3. The molecule has 1 saturated heterocycles. The molecule has 3 rings (SSSR count). The number of hydrogen-bond acceptors (Lipinski definition) is 8. The van der Waals surface area contributed by atoms with Gasteiger partial charge in [-0.05, 0) is 37.6 Å². The fourth-order valence-corrected chi connectivity index (χ4v) is 4.35. The second-order valence-electron chi connectivity index (χ2n) is 8.15. The van der Waals surface area contributed by atoms with Crippen molar-refractivity contribution in [2.24, 2.45) is 0 Å². The van der Waals surface area contributed by atoms with Crippen molar-refractivity contribution in [1.29, 1.82) is 0 Å². The molecule has 1 aromatic heterocycles. The van der Waals surface area contributed by atoms with Gasteiger partial charge in [-0.15, -0.1) is 0 Å². The molecule has 10 heteroatoms. The summed E-state index contributed by atoms with van der Waals surface area (Å²) in [5.74, 6) is 0.356. The molecule has 0 amide bonds. The quantitative estimate of drug-likeness (QED) is 0.571. The smallest absolute Gasteiger partial charge is 0.324 e. The van der Waals surface area contributed by atoms with E-state index < -0.39 is 15.7 Å². The second kappa shape index (κ2) is 9.95. The van der Waals surface area contributed by atoms with E-state index in [1.165, 1.54) is 12.1 Å². The van der Waals surface area contributed by atoms with Crippen LogP contribution in [0.15, 0.2) is 27.6 Å². The third-order valence-corrected chi connectivity index (χ3v) is 6.68. The third kappa shape index (κ3) is 5.94. The first-order chi connectivity index (χ1) is 14.7. The zero-order chi connectivity index (χ0) is 22.6. The SMILES string of the molecule is CCN(CCOc1ccc(S(C)(=O)=O)cc1F)C1CCN(c2nc(C(C)C)no2)CC1. The van der Waals surface area contributed by atoms with Crippen molar-refractivity contribution in [1.82, 2.24) is 15.0 Å². The summed E-state index contributed by atoms with van der Waals surface area (Å²) in [7, 11) is -3.45. The Balaban J connectivity index is 1.49. The molecule has 31 heavy (non-hydrogen) atoms. The van der Waals surface area contributed by atoms with Gasteiger partial charge < -0.3 is 14.2 Å². The van der Waals surface area contributed by atoms with E-state index in [9.17, 15) is 12.8 Å². The largest absolute Gasteiger partial charge is 0.489 e. The van der Waals surface area contributed by atoms with Crippen molar-refractivity contribution in [2.75, 3.05) is 43.9 Å². The summed E-state index contributed by atoms with van der Waals surface area (Å²) in [4.78, 5) is 8.87. The summed E-state index contributed by atoms with van der Waals surface area (Å²) in [6.45, 7) is 9.69. The minimum Gasteiger partial charge on any atom is -0.489 e. The van der Waals surface area contributed by atoms with Crippen molar-refractivity contribution in [3.05, 3.63) is 29.8 Å². The number of ether oxygens (including phenoxy) is 1. The van der Waals surface area contributed by atoms with Gasteiger partial charge in [-0.3, -0.25) is 4.90 Å². The molecule has 0 radical (unpaired) electrons. The van der Waals surface area contributed by atoms with Crippen LogP contribution in [0, 0.1) is 5.82 Å². The van der Waals surface area contributed by atoms with Gasteiger partial charge in [0, 0.05) is 37.8 Å². The summed E-state index contributed by atoms with van der Waals surface area (Å²) < 4.78 is 48.2. The van der Waals surface area contributed by atoms with E-state index in [-0.39, 0.29) is 16.6 Å². The van der Waals surface area contributed by atoms with Crippen LogP contribution < -0.4 is 9.64 Å². The Morgan fingerprint density at radius 2 is 2.03 bits per heavy atom. The van der Waals surface area contributed by atoms with Gasteiger partial charge in [0.05, 0.1) is 4.90 Å². The lowest BCUT2D eigenvalue weighted by Crippen LogP contribution is -2.46. The minimum atomic E-state index is -3.45. The first kappa shape index (κ1) is 23.5. The molecule has 1 aliphatic heterocycles.